The van der Waals surface area contributed by atoms with E-state index in [4.69, 9.17) is 26.1 Å². The summed E-state index contributed by atoms with van der Waals surface area (Å²) >= 11 is 6.53. The molecule has 8 heteroatoms. The second kappa shape index (κ2) is 14.3. The third kappa shape index (κ3) is 8.06. The van der Waals surface area contributed by atoms with Crippen molar-refractivity contribution in [3.8, 4) is 28.0 Å². The summed E-state index contributed by atoms with van der Waals surface area (Å²) in [5, 5.41) is 1.32. The van der Waals surface area contributed by atoms with Gasteiger partial charge in [0, 0.05) is 42.3 Å². The molecule has 2 heterocycles. The van der Waals surface area contributed by atoms with Gasteiger partial charge in [0.15, 0.2) is 0 Å². The van der Waals surface area contributed by atoms with Crippen molar-refractivity contribution in [3.05, 3.63) is 119 Å². The number of aromatic nitrogens is 1. The van der Waals surface area contributed by atoms with Crippen LogP contribution in [0.4, 0.5) is 4.79 Å². The summed E-state index contributed by atoms with van der Waals surface area (Å²) in [6.07, 6.45) is 3.06. The number of pyridine rings is 1. The van der Waals surface area contributed by atoms with Crippen LogP contribution in [-0.2, 0) is 11.3 Å². The Hall–Kier alpha value is -4.88. The number of halogens is 1. The van der Waals surface area contributed by atoms with Gasteiger partial charge in [-0.2, -0.15) is 0 Å². The van der Waals surface area contributed by atoms with Crippen LogP contribution in [0.25, 0.3) is 33.2 Å². The van der Waals surface area contributed by atoms with Crippen molar-refractivity contribution in [1.82, 2.24) is 14.8 Å². The number of hydrogen-bond donors (Lipinski definition) is 0. The van der Waals surface area contributed by atoms with E-state index in [2.05, 4.69) is 0 Å². The van der Waals surface area contributed by atoms with Crippen LogP contribution in [-0.4, -0.2) is 58.6 Å². The molecule has 0 aliphatic carbocycles. The number of aryl methyl sites for hydroxylation is 1. The van der Waals surface area contributed by atoms with Crippen molar-refractivity contribution in [2.75, 3.05) is 20.1 Å². The highest BCUT2D eigenvalue weighted by Crippen LogP contribution is 2.35. The number of nitrogens with zero attached hydrogens (tertiary/aromatic N) is 3. The Balaban J connectivity index is 1.37. The average Bonchev–Trinajstić information content (AvgIpc) is 3.54. The highest BCUT2D eigenvalue weighted by molar-refractivity contribution is 6.31. The minimum atomic E-state index is -0.600. The molecule has 7 nitrogen and oxygen atoms in total. The van der Waals surface area contributed by atoms with Crippen LogP contribution in [0.5, 0.6) is 5.75 Å². The van der Waals surface area contributed by atoms with Crippen LogP contribution >= 0.6 is 11.6 Å². The monoisotopic (exact) mass is 675 g/mol. The van der Waals surface area contributed by atoms with Crippen molar-refractivity contribution in [3.63, 3.8) is 0 Å². The molecule has 252 valence electrons. The SMILES string of the molecule is Cc1cc(Cl)cc(-c2cnc3ccc(-c4cccc(OCc5ccccc5)c4)cc3c2C(=O)N(C)C[C@H]2CCCN2C(=O)OC(C)(C)C)c1. The first kappa shape index (κ1) is 34.0. The fourth-order valence-electron chi connectivity index (χ4n) is 6.40. The van der Waals surface area contributed by atoms with E-state index in [0.717, 1.165) is 51.8 Å². The van der Waals surface area contributed by atoms with E-state index in [-0.39, 0.29) is 18.0 Å². The second-order valence-corrected chi connectivity index (χ2v) is 14.2. The molecule has 0 spiro atoms. The van der Waals surface area contributed by atoms with Crippen LogP contribution < -0.4 is 4.74 Å². The normalized spacial score (nSPS) is 14.6. The number of likely N-dealkylation sites (N-methyl/N-ethyl adjacent to an activating group) is 1. The zero-order valence-electron chi connectivity index (χ0n) is 28.7. The first-order valence-corrected chi connectivity index (χ1v) is 17.1. The van der Waals surface area contributed by atoms with Gasteiger partial charge < -0.3 is 19.3 Å². The fraction of sp³-hybridized carbons (Fsp3) is 0.293. The summed E-state index contributed by atoms with van der Waals surface area (Å²) in [5.41, 5.74) is 6.12. The number of benzene rings is 4. The van der Waals surface area contributed by atoms with Gasteiger partial charge in [0.25, 0.3) is 5.91 Å². The summed E-state index contributed by atoms with van der Waals surface area (Å²) in [6, 6.07) is 29.7. The van der Waals surface area contributed by atoms with Gasteiger partial charge in [-0.1, -0.05) is 66.2 Å². The molecular formula is C41H42ClN3O4. The molecule has 5 aromatic rings. The Morgan fingerprint density at radius 2 is 1.71 bits per heavy atom. The van der Waals surface area contributed by atoms with E-state index in [9.17, 15) is 9.59 Å². The Morgan fingerprint density at radius 1 is 0.939 bits per heavy atom. The smallest absolute Gasteiger partial charge is 0.410 e. The van der Waals surface area contributed by atoms with Gasteiger partial charge in [0.1, 0.15) is 18.0 Å². The molecule has 0 radical (unpaired) electrons. The van der Waals surface area contributed by atoms with Gasteiger partial charge >= 0.3 is 6.09 Å². The Bertz CT molecular complexity index is 1970. The summed E-state index contributed by atoms with van der Waals surface area (Å²) in [5.74, 6) is 0.595. The topological polar surface area (TPSA) is 72.0 Å². The maximum atomic E-state index is 14.6. The molecule has 1 aromatic heterocycles. The molecule has 4 aromatic carbocycles. The second-order valence-electron chi connectivity index (χ2n) is 13.8. The molecule has 0 unspecified atom stereocenters. The number of hydrogen-bond acceptors (Lipinski definition) is 5. The minimum absolute atomic E-state index is 0.150. The number of ether oxygens (including phenoxy) is 2. The summed E-state index contributed by atoms with van der Waals surface area (Å²) in [7, 11) is 1.80. The predicted octanol–water partition coefficient (Wildman–Crippen LogP) is 9.58. The molecular weight excluding hydrogens is 634 g/mol. The van der Waals surface area contributed by atoms with E-state index >= 15 is 0 Å². The summed E-state index contributed by atoms with van der Waals surface area (Å²) in [6.45, 7) is 9.00. The van der Waals surface area contributed by atoms with Crippen molar-refractivity contribution in [1.29, 1.82) is 0 Å². The zero-order valence-corrected chi connectivity index (χ0v) is 29.5. The molecule has 2 amide bonds. The first-order chi connectivity index (χ1) is 23.4. The standard InChI is InChI=1S/C41H42ClN3O4/c1-27-19-31(21-32(42)20-27)36-24-43-37-17-16-30(29-13-9-15-34(22-29)48-26-28-11-7-6-8-12-28)23-35(37)38(36)39(46)44(5)25-33-14-10-18-45(33)40(47)49-41(2,3)4/h6-9,11-13,15-17,19-24,33H,10,14,18,25-26H2,1-5H3/t33-/m1/s1. The molecule has 1 aliphatic heterocycles. The molecule has 1 atom stereocenters. The highest BCUT2D eigenvalue weighted by Gasteiger charge is 2.34. The maximum Gasteiger partial charge on any atom is 0.410 e. The summed E-state index contributed by atoms with van der Waals surface area (Å²) in [4.78, 5) is 36.0. The number of fused-ring (bicyclic) bond motifs is 1. The van der Waals surface area contributed by atoms with Crippen LogP contribution in [0.3, 0.4) is 0 Å². The van der Waals surface area contributed by atoms with E-state index < -0.39 is 5.60 Å². The van der Waals surface area contributed by atoms with Gasteiger partial charge in [-0.05, 0) is 105 Å². The number of amides is 2. The van der Waals surface area contributed by atoms with Crippen molar-refractivity contribution < 1.29 is 19.1 Å². The summed E-state index contributed by atoms with van der Waals surface area (Å²) < 4.78 is 11.8. The van der Waals surface area contributed by atoms with E-state index in [1.807, 2.05) is 119 Å². The van der Waals surface area contributed by atoms with E-state index in [1.54, 1.807) is 23.0 Å². The van der Waals surface area contributed by atoms with Crippen molar-refractivity contribution in [2.24, 2.45) is 0 Å². The quantitative estimate of drug-likeness (QED) is 0.164. The van der Waals surface area contributed by atoms with Crippen LogP contribution in [0.2, 0.25) is 5.02 Å². The molecule has 49 heavy (non-hydrogen) atoms. The zero-order chi connectivity index (χ0) is 34.7. The highest BCUT2D eigenvalue weighted by atomic mass is 35.5. The molecule has 0 N–H and O–H groups in total. The molecule has 6 rings (SSSR count). The van der Waals surface area contributed by atoms with Gasteiger partial charge in [0.2, 0.25) is 0 Å². The minimum Gasteiger partial charge on any atom is -0.489 e. The molecule has 1 saturated heterocycles. The largest absolute Gasteiger partial charge is 0.489 e. The van der Waals surface area contributed by atoms with Gasteiger partial charge in [-0.15, -0.1) is 0 Å². The molecule has 0 bridgehead atoms. The lowest BCUT2D eigenvalue weighted by Gasteiger charge is -2.31. The fourth-order valence-corrected chi connectivity index (χ4v) is 6.69. The number of carbonyl (C=O) groups is 2. The van der Waals surface area contributed by atoms with Gasteiger partial charge in [-0.3, -0.25) is 9.78 Å². The predicted molar refractivity (Wildman–Crippen MR) is 196 cm³/mol. The van der Waals surface area contributed by atoms with E-state index in [1.165, 1.54) is 0 Å². The van der Waals surface area contributed by atoms with Gasteiger partial charge in [-0.25, -0.2) is 4.79 Å². The molecule has 0 saturated carbocycles. The number of likely N-dealkylation sites (tertiary alicyclic amines) is 1. The lowest BCUT2D eigenvalue weighted by molar-refractivity contribution is 0.0199. The number of carbonyl (C=O) groups excluding carboxylic acids is 2. The number of rotatable bonds is 8. The maximum absolute atomic E-state index is 14.6. The van der Waals surface area contributed by atoms with E-state index in [0.29, 0.717) is 41.4 Å². The Morgan fingerprint density at radius 3 is 2.47 bits per heavy atom. The van der Waals surface area contributed by atoms with Crippen LogP contribution in [0.1, 0.15) is 55.1 Å². The van der Waals surface area contributed by atoms with Crippen molar-refractivity contribution >= 4 is 34.5 Å². The first-order valence-electron chi connectivity index (χ1n) is 16.7. The van der Waals surface area contributed by atoms with Crippen molar-refractivity contribution in [2.45, 2.75) is 58.8 Å². The molecule has 1 fully saturated rings. The van der Waals surface area contributed by atoms with Crippen LogP contribution in [0, 0.1) is 6.92 Å². The van der Waals surface area contributed by atoms with Crippen LogP contribution in [0.15, 0.2) is 97.2 Å². The Labute approximate surface area is 293 Å². The average molecular weight is 676 g/mol. The lowest BCUT2D eigenvalue weighted by atomic mass is 9.93. The molecule has 1 aliphatic rings. The third-order valence-corrected chi connectivity index (χ3v) is 8.91. The third-order valence-electron chi connectivity index (χ3n) is 8.69. The Kier molecular flexibility index (Phi) is 9.93. The van der Waals surface area contributed by atoms with Gasteiger partial charge in [0.05, 0.1) is 17.1 Å². The lowest BCUT2D eigenvalue weighted by Crippen LogP contribution is -2.45.